The van der Waals surface area contributed by atoms with Crippen LogP contribution in [0.5, 0.6) is 5.75 Å². The number of amides is 1. The fourth-order valence-electron chi connectivity index (χ4n) is 1.53. The van der Waals surface area contributed by atoms with E-state index >= 15 is 0 Å². The first kappa shape index (κ1) is 10.3. The normalized spacial score (nSPS) is 19.6. The molecule has 1 amide bonds. The molecule has 0 spiro atoms. The van der Waals surface area contributed by atoms with Gasteiger partial charge >= 0.3 is 6.09 Å². The molecule has 0 unspecified atom stereocenters. The minimum absolute atomic E-state index is 0.134. The maximum Gasteiger partial charge on any atom is 0.407 e. The summed E-state index contributed by atoms with van der Waals surface area (Å²) in [5.74, 6) is 0.744. The van der Waals surface area contributed by atoms with Crippen LogP contribution in [0.3, 0.4) is 0 Å². The lowest BCUT2D eigenvalue weighted by molar-refractivity contribution is 0.177. The second-order valence-corrected chi connectivity index (χ2v) is 4.10. The van der Waals surface area contributed by atoms with Crippen LogP contribution in [0.2, 0.25) is 0 Å². The van der Waals surface area contributed by atoms with Gasteiger partial charge in [0.05, 0.1) is 13.2 Å². The number of methoxy groups -OCH3 is 1. The zero-order valence-electron chi connectivity index (χ0n) is 8.12. The van der Waals surface area contributed by atoms with Crippen LogP contribution >= 0.6 is 15.9 Å². The van der Waals surface area contributed by atoms with Crippen LogP contribution in [-0.2, 0) is 4.74 Å². The summed E-state index contributed by atoms with van der Waals surface area (Å²) < 4.78 is 11.0. The monoisotopic (exact) mass is 271 g/mol. The molecule has 1 aliphatic heterocycles. The van der Waals surface area contributed by atoms with Crippen molar-refractivity contribution in [1.82, 2.24) is 5.32 Å². The molecule has 0 bridgehead atoms. The molecule has 1 atom stereocenters. The molecule has 1 N–H and O–H groups in total. The van der Waals surface area contributed by atoms with Gasteiger partial charge < -0.3 is 14.8 Å². The summed E-state index contributed by atoms with van der Waals surface area (Å²) in [6.07, 6.45) is -0.387. The molecule has 15 heavy (non-hydrogen) atoms. The van der Waals surface area contributed by atoms with E-state index in [-0.39, 0.29) is 12.1 Å². The van der Waals surface area contributed by atoms with Gasteiger partial charge in [-0.15, -0.1) is 0 Å². The van der Waals surface area contributed by atoms with E-state index in [1.807, 2.05) is 18.2 Å². The number of carbonyl (C=O) groups is 1. The predicted octanol–water partition coefficient (Wildman–Crippen LogP) is 2.24. The molecule has 0 radical (unpaired) electrons. The van der Waals surface area contributed by atoms with Gasteiger partial charge in [-0.25, -0.2) is 4.79 Å². The second kappa shape index (κ2) is 4.10. The third-order valence-corrected chi connectivity index (χ3v) is 2.73. The van der Waals surface area contributed by atoms with E-state index in [2.05, 4.69) is 21.2 Å². The van der Waals surface area contributed by atoms with Crippen molar-refractivity contribution in [1.29, 1.82) is 0 Å². The largest absolute Gasteiger partial charge is 0.496 e. The van der Waals surface area contributed by atoms with Crippen molar-refractivity contribution in [2.45, 2.75) is 6.04 Å². The first-order valence-corrected chi connectivity index (χ1v) is 5.26. The smallest absolute Gasteiger partial charge is 0.407 e. The number of hydrogen-bond donors (Lipinski definition) is 1. The van der Waals surface area contributed by atoms with E-state index in [0.29, 0.717) is 6.61 Å². The summed E-state index contributed by atoms with van der Waals surface area (Å²) in [5, 5.41) is 2.71. The molecule has 5 heteroatoms. The van der Waals surface area contributed by atoms with E-state index in [0.717, 1.165) is 15.8 Å². The molecule has 80 valence electrons. The molecule has 1 fully saturated rings. The summed E-state index contributed by atoms with van der Waals surface area (Å²) in [5.41, 5.74) is 0.915. The molecule has 4 nitrogen and oxygen atoms in total. The Kier molecular flexibility index (Phi) is 2.81. The molecule has 0 aliphatic carbocycles. The van der Waals surface area contributed by atoms with Crippen LogP contribution < -0.4 is 10.1 Å². The molecule has 2 rings (SSSR count). The molecule has 1 aromatic carbocycles. The van der Waals surface area contributed by atoms with Crippen molar-refractivity contribution in [3.8, 4) is 5.75 Å². The number of benzene rings is 1. The average molecular weight is 272 g/mol. The first-order valence-electron chi connectivity index (χ1n) is 4.47. The molecular formula is C10H10BrNO3. The molecule has 0 saturated carbocycles. The van der Waals surface area contributed by atoms with Crippen LogP contribution in [0, 0.1) is 0 Å². The molecular weight excluding hydrogens is 262 g/mol. The van der Waals surface area contributed by atoms with Crippen molar-refractivity contribution in [2.24, 2.45) is 0 Å². The zero-order chi connectivity index (χ0) is 10.8. The van der Waals surface area contributed by atoms with Gasteiger partial charge in [0, 0.05) is 10.0 Å². The SMILES string of the molecule is COc1ccc(Br)cc1[C@@H]1COC(=O)N1. The van der Waals surface area contributed by atoms with E-state index in [1.165, 1.54) is 0 Å². The number of hydrogen-bond acceptors (Lipinski definition) is 3. The van der Waals surface area contributed by atoms with E-state index in [4.69, 9.17) is 9.47 Å². The minimum Gasteiger partial charge on any atom is -0.496 e. The Morgan fingerprint density at radius 3 is 3.00 bits per heavy atom. The Bertz CT molecular complexity index is 394. The fraction of sp³-hybridized carbons (Fsp3) is 0.300. The third-order valence-electron chi connectivity index (χ3n) is 2.24. The van der Waals surface area contributed by atoms with Crippen LogP contribution in [0.1, 0.15) is 11.6 Å². The van der Waals surface area contributed by atoms with Gasteiger partial charge in [0.2, 0.25) is 0 Å². The Labute approximate surface area is 95.7 Å². The highest BCUT2D eigenvalue weighted by Crippen LogP contribution is 2.30. The number of ether oxygens (including phenoxy) is 2. The number of carbonyl (C=O) groups excluding carboxylic acids is 1. The summed E-state index contributed by atoms with van der Waals surface area (Å²) in [6.45, 7) is 0.339. The minimum atomic E-state index is -0.387. The Hall–Kier alpha value is -1.23. The maximum absolute atomic E-state index is 10.9. The van der Waals surface area contributed by atoms with Crippen molar-refractivity contribution in [3.05, 3.63) is 28.2 Å². The maximum atomic E-state index is 10.9. The highest BCUT2D eigenvalue weighted by molar-refractivity contribution is 9.10. The predicted molar refractivity (Wildman–Crippen MR) is 57.9 cm³/mol. The molecule has 0 aromatic heterocycles. The van der Waals surface area contributed by atoms with Crippen LogP contribution in [-0.4, -0.2) is 19.8 Å². The lowest BCUT2D eigenvalue weighted by atomic mass is 10.1. The highest BCUT2D eigenvalue weighted by Gasteiger charge is 2.26. The number of alkyl carbamates (subject to hydrolysis) is 1. The van der Waals surface area contributed by atoms with Gasteiger partial charge in [-0.05, 0) is 18.2 Å². The van der Waals surface area contributed by atoms with E-state index in [9.17, 15) is 4.79 Å². The summed E-state index contributed by atoms with van der Waals surface area (Å²) in [6, 6.07) is 5.52. The third kappa shape index (κ3) is 2.07. The van der Waals surface area contributed by atoms with Gasteiger partial charge in [-0.1, -0.05) is 15.9 Å². The van der Waals surface area contributed by atoms with Crippen LogP contribution in [0.25, 0.3) is 0 Å². The summed E-state index contributed by atoms with van der Waals surface area (Å²) in [4.78, 5) is 10.9. The lowest BCUT2D eigenvalue weighted by Gasteiger charge is -2.12. The number of rotatable bonds is 2. The standard InChI is InChI=1S/C10H10BrNO3/c1-14-9-3-2-6(11)4-7(9)8-5-15-10(13)12-8/h2-4,8H,5H2,1H3,(H,12,13)/t8-/m0/s1. The lowest BCUT2D eigenvalue weighted by Crippen LogP contribution is -2.18. The molecule has 1 heterocycles. The van der Waals surface area contributed by atoms with Crippen molar-refractivity contribution in [3.63, 3.8) is 0 Å². The van der Waals surface area contributed by atoms with E-state index < -0.39 is 0 Å². The number of halogens is 1. The average Bonchev–Trinajstić information content (AvgIpc) is 2.65. The topological polar surface area (TPSA) is 47.6 Å². The van der Waals surface area contributed by atoms with Crippen LogP contribution in [0.15, 0.2) is 22.7 Å². The van der Waals surface area contributed by atoms with Gasteiger partial charge in [-0.2, -0.15) is 0 Å². The van der Waals surface area contributed by atoms with Gasteiger partial charge in [0.15, 0.2) is 0 Å². The second-order valence-electron chi connectivity index (χ2n) is 3.18. The zero-order valence-corrected chi connectivity index (χ0v) is 9.71. The summed E-state index contributed by atoms with van der Waals surface area (Å²) >= 11 is 3.38. The summed E-state index contributed by atoms with van der Waals surface area (Å²) in [7, 11) is 1.60. The van der Waals surface area contributed by atoms with Gasteiger partial charge in [0.25, 0.3) is 0 Å². The number of nitrogens with one attached hydrogen (secondary N) is 1. The first-order chi connectivity index (χ1) is 7.20. The number of cyclic esters (lactones) is 1. The van der Waals surface area contributed by atoms with Crippen molar-refractivity contribution in [2.75, 3.05) is 13.7 Å². The quantitative estimate of drug-likeness (QED) is 0.898. The van der Waals surface area contributed by atoms with Crippen LogP contribution in [0.4, 0.5) is 4.79 Å². The van der Waals surface area contributed by atoms with E-state index in [1.54, 1.807) is 7.11 Å². The van der Waals surface area contributed by atoms with Crippen molar-refractivity contribution >= 4 is 22.0 Å². The molecule has 1 aliphatic rings. The van der Waals surface area contributed by atoms with Gasteiger partial charge in [-0.3, -0.25) is 0 Å². The Morgan fingerprint density at radius 2 is 2.40 bits per heavy atom. The fourth-order valence-corrected chi connectivity index (χ4v) is 1.91. The Morgan fingerprint density at radius 1 is 1.60 bits per heavy atom. The molecule has 1 aromatic rings. The van der Waals surface area contributed by atoms with Crippen molar-refractivity contribution < 1.29 is 14.3 Å². The Balaban J connectivity index is 2.33. The molecule has 1 saturated heterocycles. The highest BCUT2D eigenvalue weighted by atomic mass is 79.9. The van der Waals surface area contributed by atoms with Gasteiger partial charge in [0.1, 0.15) is 12.4 Å².